The highest BCUT2D eigenvalue weighted by atomic mass is 16.6. The molecule has 0 aliphatic carbocycles. The molecule has 0 unspecified atom stereocenters. The molecule has 1 aromatic rings. The topological polar surface area (TPSA) is 101 Å². The highest BCUT2D eigenvalue weighted by Gasteiger charge is 2.09. The maximum absolute atomic E-state index is 10.5. The first-order chi connectivity index (χ1) is 7.49. The van der Waals surface area contributed by atoms with Crippen LogP contribution in [0, 0.1) is 10.1 Å². The first-order valence-corrected chi connectivity index (χ1v) is 4.24. The molecule has 0 heterocycles. The number of para-hydroxylation sites is 1. The summed E-state index contributed by atoms with van der Waals surface area (Å²) in [5.41, 5.74) is 0.870. The van der Waals surface area contributed by atoms with E-state index in [0.29, 0.717) is 12.0 Å². The highest BCUT2D eigenvalue weighted by Crippen LogP contribution is 2.17. The van der Waals surface area contributed by atoms with Crippen LogP contribution in [0.3, 0.4) is 0 Å². The van der Waals surface area contributed by atoms with Gasteiger partial charge in [-0.2, -0.15) is 0 Å². The quantitative estimate of drug-likeness (QED) is 0.467. The van der Waals surface area contributed by atoms with Crippen molar-refractivity contribution >= 4 is 11.8 Å². The molecule has 6 nitrogen and oxygen atoms in total. The van der Waals surface area contributed by atoms with Gasteiger partial charge in [-0.25, -0.2) is 4.79 Å². The van der Waals surface area contributed by atoms with Crippen LogP contribution in [0.2, 0.25) is 0 Å². The number of carboxylic acid groups (broad SMARTS) is 2. The van der Waals surface area contributed by atoms with Gasteiger partial charge in [0, 0.05) is 11.6 Å². The average molecular weight is 225 g/mol. The summed E-state index contributed by atoms with van der Waals surface area (Å²) in [5.74, 6) is 0. The summed E-state index contributed by atoms with van der Waals surface area (Å²) in [5, 5.41) is 24.4. The number of nitro groups is 1. The molecule has 1 aromatic carbocycles. The molecule has 6 heteroatoms. The Balaban J connectivity index is 0.000000487. The summed E-state index contributed by atoms with van der Waals surface area (Å²) in [4.78, 5) is 18.6. The maximum atomic E-state index is 10.5. The maximum Gasteiger partial charge on any atom is 0.503 e. The van der Waals surface area contributed by atoms with Gasteiger partial charge in [-0.3, -0.25) is 10.1 Å². The Morgan fingerprint density at radius 3 is 2.38 bits per heavy atom. The predicted molar refractivity (Wildman–Crippen MR) is 57.7 cm³/mol. The number of hydrogen-bond acceptors (Lipinski definition) is 3. The molecule has 0 aliphatic heterocycles. The van der Waals surface area contributed by atoms with E-state index in [2.05, 4.69) is 6.58 Å². The number of allylic oxidation sites excluding steroid dienone is 1. The smallest absolute Gasteiger partial charge is 0.450 e. The van der Waals surface area contributed by atoms with Crippen molar-refractivity contribution in [3.8, 4) is 0 Å². The first-order valence-electron chi connectivity index (χ1n) is 4.24. The number of nitrogens with zero attached hydrogens (tertiary/aromatic N) is 1. The van der Waals surface area contributed by atoms with Crippen LogP contribution in [-0.2, 0) is 6.42 Å². The Bertz CT molecular complexity index is 385. The molecule has 86 valence electrons. The van der Waals surface area contributed by atoms with E-state index < -0.39 is 6.16 Å². The third-order valence-electron chi connectivity index (χ3n) is 1.55. The van der Waals surface area contributed by atoms with Crippen LogP contribution in [0.5, 0.6) is 0 Å². The van der Waals surface area contributed by atoms with Gasteiger partial charge in [-0.05, 0) is 6.42 Å². The zero-order valence-electron chi connectivity index (χ0n) is 8.37. The molecule has 1 rings (SSSR count). The molecule has 0 bridgehead atoms. The van der Waals surface area contributed by atoms with Crippen LogP contribution in [0.25, 0.3) is 0 Å². The minimum Gasteiger partial charge on any atom is -0.450 e. The van der Waals surface area contributed by atoms with Crippen LogP contribution in [-0.4, -0.2) is 21.3 Å². The summed E-state index contributed by atoms with van der Waals surface area (Å²) in [6, 6.07) is 6.68. The fraction of sp³-hybridized carbons (Fsp3) is 0.100. The second-order valence-corrected chi connectivity index (χ2v) is 2.66. The molecule has 0 atom stereocenters. The molecule has 0 saturated heterocycles. The Morgan fingerprint density at radius 2 is 1.94 bits per heavy atom. The van der Waals surface area contributed by atoms with E-state index in [1.54, 1.807) is 24.3 Å². The number of hydrogen-bond donors (Lipinski definition) is 2. The van der Waals surface area contributed by atoms with Crippen molar-refractivity contribution in [2.24, 2.45) is 0 Å². The number of rotatable bonds is 3. The van der Waals surface area contributed by atoms with Crippen LogP contribution in [0.4, 0.5) is 10.5 Å². The average Bonchev–Trinajstić information content (AvgIpc) is 2.18. The second kappa shape index (κ2) is 6.99. The summed E-state index contributed by atoms with van der Waals surface area (Å²) in [6.07, 6.45) is 0.361. The summed E-state index contributed by atoms with van der Waals surface area (Å²) < 4.78 is 0. The van der Waals surface area contributed by atoms with Crippen molar-refractivity contribution in [1.82, 2.24) is 0 Å². The van der Waals surface area contributed by atoms with Crippen molar-refractivity contribution in [3.63, 3.8) is 0 Å². The zero-order chi connectivity index (χ0) is 12.6. The molecule has 0 spiro atoms. The van der Waals surface area contributed by atoms with Crippen LogP contribution >= 0.6 is 0 Å². The van der Waals surface area contributed by atoms with Gasteiger partial charge in [-0.15, -0.1) is 6.58 Å². The molecule has 0 aliphatic rings. The van der Waals surface area contributed by atoms with Crippen molar-refractivity contribution in [2.75, 3.05) is 0 Å². The van der Waals surface area contributed by atoms with E-state index >= 15 is 0 Å². The standard InChI is InChI=1S/C9H9NO2.CH2O3/c1-2-5-8-6-3-4-7-9(8)10(11)12;2-1(3)4/h2-4,6-7H,1,5H2;(H2,2,3,4). The molecule has 0 saturated carbocycles. The lowest BCUT2D eigenvalue weighted by molar-refractivity contribution is -0.385. The minimum atomic E-state index is -1.83. The Labute approximate surface area is 91.6 Å². The van der Waals surface area contributed by atoms with Gasteiger partial charge in [0.15, 0.2) is 0 Å². The molecular weight excluding hydrogens is 214 g/mol. The summed E-state index contributed by atoms with van der Waals surface area (Å²) in [7, 11) is 0. The Hall–Kier alpha value is -2.37. The number of nitro benzene ring substituents is 1. The van der Waals surface area contributed by atoms with Gasteiger partial charge in [0.05, 0.1) is 4.92 Å². The third-order valence-corrected chi connectivity index (χ3v) is 1.55. The minimum absolute atomic E-state index is 0.164. The van der Waals surface area contributed by atoms with E-state index in [0.717, 1.165) is 0 Å². The normalized spacial score (nSPS) is 8.50. The van der Waals surface area contributed by atoms with Crippen molar-refractivity contribution in [2.45, 2.75) is 6.42 Å². The Morgan fingerprint density at radius 1 is 1.44 bits per heavy atom. The largest absolute Gasteiger partial charge is 0.503 e. The number of carbonyl (C=O) groups is 1. The predicted octanol–water partition coefficient (Wildman–Crippen LogP) is 2.55. The SMILES string of the molecule is C=CCc1ccccc1[N+](=O)[O-].O=C(O)O. The van der Waals surface area contributed by atoms with E-state index in [9.17, 15) is 10.1 Å². The van der Waals surface area contributed by atoms with Crippen molar-refractivity contribution in [1.29, 1.82) is 0 Å². The molecule has 16 heavy (non-hydrogen) atoms. The molecule has 0 aromatic heterocycles. The van der Waals surface area contributed by atoms with E-state index in [1.165, 1.54) is 6.07 Å². The van der Waals surface area contributed by atoms with Gasteiger partial charge in [0.1, 0.15) is 0 Å². The van der Waals surface area contributed by atoms with Crippen LogP contribution < -0.4 is 0 Å². The molecule has 2 N–H and O–H groups in total. The molecule has 0 radical (unpaired) electrons. The highest BCUT2D eigenvalue weighted by molar-refractivity contribution is 5.53. The van der Waals surface area contributed by atoms with E-state index in [4.69, 9.17) is 15.0 Å². The van der Waals surface area contributed by atoms with Gasteiger partial charge in [0.2, 0.25) is 0 Å². The van der Waals surface area contributed by atoms with Gasteiger partial charge in [-0.1, -0.05) is 24.3 Å². The third kappa shape index (κ3) is 5.38. The lowest BCUT2D eigenvalue weighted by Crippen LogP contribution is -1.93. The molecule has 0 amide bonds. The summed E-state index contributed by atoms with van der Waals surface area (Å²) >= 11 is 0. The van der Waals surface area contributed by atoms with Gasteiger partial charge < -0.3 is 10.2 Å². The fourth-order valence-corrected chi connectivity index (χ4v) is 1.02. The first kappa shape index (κ1) is 13.6. The van der Waals surface area contributed by atoms with E-state index in [-0.39, 0.29) is 10.6 Å². The van der Waals surface area contributed by atoms with Crippen LogP contribution in [0.1, 0.15) is 5.56 Å². The fourth-order valence-electron chi connectivity index (χ4n) is 1.02. The summed E-state index contributed by atoms with van der Waals surface area (Å²) in [6.45, 7) is 3.53. The van der Waals surface area contributed by atoms with Crippen LogP contribution in [0.15, 0.2) is 36.9 Å². The van der Waals surface area contributed by atoms with Crippen molar-refractivity contribution in [3.05, 3.63) is 52.6 Å². The van der Waals surface area contributed by atoms with E-state index in [1.807, 2.05) is 0 Å². The lowest BCUT2D eigenvalue weighted by atomic mass is 10.1. The second-order valence-electron chi connectivity index (χ2n) is 2.66. The van der Waals surface area contributed by atoms with Gasteiger partial charge in [0.25, 0.3) is 5.69 Å². The monoisotopic (exact) mass is 225 g/mol. The Kier molecular flexibility index (Phi) is 5.96. The lowest BCUT2D eigenvalue weighted by Gasteiger charge is -1.97. The van der Waals surface area contributed by atoms with Crippen molar-refractivity contribution < 1.29 is 19.9 Å². The molecule has 0 fully saturated rings. The zero-order valence-corrected chi connectivity index (χ0v) is 8.37. The number of benzene rings is 1. The molecular formula is C10H11NO5. The van der Waals surface area contributed by atoms with Gasteiger partial charge >= 0.3 is 6.16 Å².